The number of unbranched alkanes of at least 4 members (excludes halogenated alkanes) is 9. The van der Waals surface area contributed by atoms with E-state index in [1.807, 2.05) is 0 Å². The lowest BCUT2D eigenvalue weighted by atomic mass is 10.1. The van der Waals surface area contributed by atoms with Crippen LogP contribution < -0.4 is 5.11 Å². The van der Waals surface area contributed by atoms with Gasteiger partial charge in [0.25, 0.3) is 0 Å². The molecule has 0 spiro atoms. The van der Waals surface area contributed by atoms with Gasteiger partial charge < -0.3 is 14.4 Å². The Morgan fingerprint density at radius 2 is 1.21 bits per heavy atom. The van der Waals surface area contributed by atoms with Crippen molar-refractivity contribution in [2.45, 2.75) is 98.4 Å². The average Bonchev–Trinajstić information content (AvgIpc) is 2.69. The number of aliphatic carboxylic acids is 1. The maximum atomic E-state index is 8.89. The van der Waals surface area contributed by atoms with Gasteiger partial charge in [-0.3, -0.25) is 0 Å². The van der Waals surface area contributed by atoms with Crippen LogP contribution in [0.25, 0.3) is 0 Å². The number of hydrogen-bond acceptors (Lipinski definition) is 2. The molecule has 3 nitrogen and oxygen atoms in total. The zero-order valence-corrected chi connectivity index (χ0v) is 19.0. The fraction of sp³-hybridized carbons (Fsp3) is 0.720. The van der Waals surface area contributed by atoms with E-state index in [9.17, 15) is 0 Å². The van der Waals surface area contributed by atoms with Gasteiger partial charge in [0.05, 0.1) is 19.6 Å². The van der Waals surface area contributed by atoms with Gasteiger partial charge in [-0.05, 0) is 33.6 Å². The summed E-state index contributed by atoms with van der Waals surface area (Å²) in [6, 6.07) is 11.1. The number of carbonyl (C=O) groups excluding carboxylic acids is 1. The van der Waals surface area contributed by atoms with Gasteiger partial charge in [-0.2, -0.15) is 0 Å². The molecule has 0 aliphatic rings. The molecule has 0 unspecified atom stereocenters. The molecule has 162 valence electrons. The highest BCUT2D eigenvalue weighted by atomic mass is 16.4. The minimum atomic E-state index is -1.08. The summed E-state index contributed by atoms with van der Waals surface area (Å²) in [5.41, 5.74) is 1.49. The Bertz CT molecular complexity index is 465. The molecule has 0 saturated heterocycles. The van der Waals surface area contributed by atoms with Crippen molar-refractivity contribution in [2.75, 3.05) is 19.6 Å². The van der Waals surface area contributed by atoms with Crippen LogP contribution in [0.2, 0.25) is 0 Å². The van der Waals surface area contributed by atoms with Crippen LogP contribution in [0.4, 0.5) is 0 Å². The first kappa shape index (κ1) is 26.6. The fourth-order valence-electron chi connectivity index (χ4n) is 3.75. The molecule has 1 aromatic rings. The van der Waals surface area contributed by atoms with Crippen molar-refractivity contribution in [1.82, 2.24) is 0 Å². The molecule has 0 radical (unpaired) electrons. The Morgan fingerprint density at radius 3 is 1.64 bits per heavy atom. The first-order chi connectivity index (χ1) is 13.5. The Hall–Kier alpha value is -1.35. The van der Waals surface area contributed by atoms with E-state index < -0.39 is 5.97 Å². The minimum Gasteiger partial charge on any atom is -0.550 e. The zero-order valence-electron chi connectivity index (χ0n) is 19.0. The lowest BCUT2D eigenvalue weighted by Gasteiger charge is -2.37. The predicted octanol–water partition coefficient (Wildman–Crippen LogP) is 5.72. The van der Waals surface area contributed by atoms with Crippen LogP contribution in [-0.4, -0.2) is 30.1 Å². The van der Waals surface area contributed by atoms with E-state index >= 15 is 0 Å². The highest BCUT2D eigenvalue weighted by Crippen LogP contribution is 2.17. The largest absolute Gasteiger partial charge is 0.550 e. The number of carbonyl (C=O) groups is 1. The SMILES string of the molecule is CC(=O)[O-].CCCCCCCCCCCC[N+](CC)(CC)Cc1ccccc1. The standard InChI is InChI=1S/C23H42N.C2H4O2/c1-4-7-8-9-10-11-12-13-14-18-21-24(5-2,6-3)22-23-19-16-15-17-20-23;1-2(3)4/h15-17,19-20H,4-14,18,21-22H2,1-3H3;1H3,(H,3,4)/q+1;/p-1. The summed E-state index contributed by atoms with van der Waals surface area (Å²) in [5, 5.41) is 8.89. The molecular weight excluding hydrogens is 346 g/mol. The van der Waals surface area contributed by atoms with E-state index in [1.165, 1.54) is 100 Å². The van der Waals surface area contributed by atoms with E-state index in [0.717, 1.165) is 6.92 Å². The molecule has 0 heterocycles. The number of hydrogen-bond donors (Lipinski definition) is 0. The molecule has 0 aliphatic carbocycles. The molecule has 3 heteroatoms. The third-order valence-corrected chi connectivity index (χ3v) is 5.69. The maximum absolute atomic E-state index is 8.89. The highest BCUT2D eigenvalue weighted by molar-refractivity contribution is 5.60. The Morgan fingerprint density at radius 1 is 0.786 bits per heavy atom. The molecule has 1 rings (SSSR count). The van der Waals surface area contributed by atoms with Gasteiger partial charge in [0.2, 0.25) is 0 Å². The Kier molecular flexibility index (Phi) is 16.9. The van der Waals surface area contributed by atoms with Gasteiger partial charge in [0.1, 0.15) is 6.54 Å². The van der Waals surface area contributed by atoms with Gasteiger partial charge in [0.15, 0.2) is 0 Å². The van der Waals surface area contributed by atoms with E-state index in [2.05, 4.69) is 51.1 Å². The number of rotatable bonds is 15. The second-order valence-corrected chi connectivity index (χ2v) is 8.01. The first-order valence-corrected chi connectivity index (χ1v) is 11.6. The van der Waals surface area contributed by atoms with Crippen LogP contribution in [0, 0.1) is 0 Å². The summed E-state index contributed by atoms with van der Waals surface area (Å²) < 4.78 is 1.25. The van der Waals surface area contributed by atoms with E-state index in [4.69, 9.17) is 9.90 Å². The normalized spacial score (nSPS) is 11.0. The lowest BCUT2D eigenvalue weighted by molar-refractivity contribution is -0.938. The van der Waals surface area contributed by atoms with Crippen LogP contribution in [-0.2, 0) is 11.3 Å². The van der Waals surface area contributed by atoms with Crippen LogP contribution in [0.1, 0.15) is 97.5 Å². The predicted molar refractivity (Wildman–Crippen MR) is 119 cm³/mol. The zero-order chi connectivity index (χ0) is 21.1. The number of carboxylic acids is 1. The molecule has 0 aromatic heterocycles. The monoisotopic (exact) mass is 391 g/mol. The van der Waals surface area contributed by atoms with Crippen molar-refractivity contribution >= 4 is 5.97 Å². The average molecular weight is 392 g/mol. The van der Waals surface area contributed by atoms with E-state index in [1.54, 1.807) is 0 Å². The van der Waals surface area contributed by atoms with Gasteiger partial charge in [-0.25, -0.2) is 0 Å². The molecule has 0 bridgehead atoms. The summed E-state index contributed by atoms with van der Waals surface area (Å²) >= 11 is 0. The van der Waals surface area contributed by atoms with Crippen molar-refractivity contribution in [3.05, 3.63) is 35.9 Å². The lowest BCUT2D eigenvalue weighted by Crippen LogP contribution is -2.47. The molecule has 0 aliphatic heterocycles. The van der Waals surface area contributed by atoms with E-state index in [0.29, 0.717) is 0 Å². The molecule has 0 saturated carbocycles. The number of benzene rings is 1. The highest BCUT2D eigenvalue weighted by Gasteiger charge is 2.22. The quantitative estimate of drug-likeness (QED) is 0.283. The van der Waals surface area contributed by atoms with Gasteiger partial charge in [-0.15, -0.1) is 0 Å². The second kappa shape index (κ2) is 17.7. The molecule has 28 heavy (non-hydrogen) atoms. The van der Waals surface area contributed by atoms with Crippen molar-refractivity contribution in [2.24, 2.45) is 0 Å². The Labute approximate surface area is 174 Å². The fourth-order valence-corrected chi connectivity index (χ4v) is 3.75. The molecule has 0 atom stereocenters. The Balaban J connectivity index is 0.00000165. The van der Waals surface area contributed by atoms with Crippen molar-refractivity contribution in [3.63, 3.8) is 0 Å². The van der Waals surface area contributed by atoms with Gasteiger partial charge >= 0.3 is 0 Å². The molecular formula is C25H45NO2. The smallest absolute Gasteiger partial charge is 0.104 e. The van der Waals surface area contributed by atoms with Crippen LogP contribution >= 0.6 is 0 Å². The first-order valence-electron chi connectivity index (χ1n) is 11.6. The van der Waals surface area contributed by atoms with Crippen molar-refractivity contribution in [1.29, 1.82) is 0 Å². The number of nitrogens with zero attached hydrogens (tertiary/aromatic N) is 1. The van der Waals surface area contributed by atoms with Crippen LogP contribution in [0.15, 0.2) is 30.3 Å². The maximum Gasteiger partial charge on any atom is 0.104 e. The van der Waals surface area contributed by atoms with Crippen molar-refractivity contribution in [3.8, 4) is 0 Å². The molecule has 0 fully saturated rings. The molecule has 1 aromatic carbocycles. The minimum absolute atomic E-state index is 0.972. The number of carboxylic acid groups (broad SMARTS) is 1. The van der Waals surface area contributed by atoms with E-state index in [-0.39, 0.29) is 0 Å². The van der Waals surface area contributed by atoms with Gasteiger partial charge in [0, 0.05) is 11.5 Å². The summed E-state index contributed by atoms with van der Waals surface area (Å²) in [6.45, 7) is 13.0. The molecule has 0 N–H and O–H groups in total. The summed E-state index contributed by atoms with van der Waals surface area (Å²) in [5.74, 6) is -1.08. The van der Waals surface area contributed by atoms with Gasteiger partial charge in [-0.1, -0.05) is 88.6 Å². The molecule has 0 amide bonds. The summed E-state index contributed by atoms with van der Waals surface area (Å²) in [6.07, 6.45) is 14.3. The topological polar surface area (TPSA) is 40.1 Å². The third-order valence-electron chi connectivity index (χ3n) is 5.69. The second-order valence-electron chi connectivity index (χ2n) is 8.01. The summed E-state index contributed by atoms with van der Waals surface area (Å²) in [4.78, 5) is 8.89. The third kappa shape index (κ3) is 14.7. The van der Waals surface area contributed by atoms with Crippen LogP contribution in [0.5, 0.6) is 0 Å². The number of quaternary nitrogens is 1. The van der Waals surface area contributed by atoms with Crippen LogP contribution in [0.3, 0.4) is 0 Å². The van der Waals surface area contributed by atoms with Crippen molar-refractivity contribution < 1.29 is 14.4 Å². The summed E-state index contributed by atoms with van der Waals surface area (Å²) in [7, 11) is 0.